The van der Waals surface area contributed by atoms with Crippen LogP contribution >= 0.6 is 11.6 Å². The number of aromatic nitrogens is 1. The van der Waals surface area contributed by atoms with Crippen LogP contribution in [0.5, 0.6) is 0 Å². The van der Waals surface area contributed by atoms with E-state index in [9.17, 15) is 22.9 Å². The average molecular weight is 542 g/mol. The van der Waals surface area contributed by atoms with E-state index in [4.69, 9.17) is 11.6 Å². The van der Waals surface area contributed by atoms with E-state index >= 15 is 0 Å². The van der Waals surface area contributed by atoms with Crippen molar-refractivity contribution in [3.8, 4) is 0 Å². The average Bonchev–Trinajstić information content (AvgIpc) is 2.88. The van der Waals surface area contributed by atoms with Crippen molar-refractivity contribution in [1.29, 1.82) is 0 Å². The molecule has 1 saturated heterocycles. The van der Waals surface area contributed by atoms with E-state index in [0.29, 0.717) is 21.0 Å². The monoisotopic (exact) mass is 541 g/mol. The Balaban J connectivity index is 1.32. The van der Waals surface area contributed by atoms with Gasteiger partial charge in [0.15, 0.2) is 11.0 Å². The fourth-order valence-corrected chi connectivity index (χ4v) is 5.87. The Kier molecular flexibility index (Phi) is 6.94. The summed E-state index contributed by atoms with van der Waals surface area (Å²) in [5.41, 5.74) is -0.951. The summed E-state index contributed by atoms with van der Waals surface area (Å²) >= 11 is 6.23. The number of fused-ring (bicyclic) bond motifs is 1. The fraction of sp³-hybridized carbons (Fsp3) is 0.185. The maximum absolute atomic E-state index is 15.0. The van der Waals surface area contributed by atoms with Crippen molar-refractivity contribution in [1.82, 2.24) is 9.88 Å². The van der Waals surface area contributed by atoms with E-state index in [2.05, 4.69) is 9.71 Å². The summed E-state index contributed by atoms with van der Waals surface area (Å²) in [4.78, 5) is 18.9. The summed E-state index contributed by atoms with van der Waals surface area (Å²) in [6.45, 7) is 0.190. The number of anilines is 1. The number of nitrogens with zero attached hydrogens (tertiary/aromatic N) is 2. The number of amides is 1. The molecule has 0 spiro atoms. The first-order valence-electron chi connectivity index (χ1n) is 11.5. The molecule has 0 aliphatic carbocycles. The zero-order valence-electron chi connectivity index (χ0n) is 19.5. The molecule has 1 aliphatic rings. The lowest BCUT2D eigenvalue weighted by Gasteiger charge is -2.39. The molecule has 4 aromatic rings. The van der Waals surface area contributed by atoms with Crippen molar-refractivity contribution in [3.63, 3.8) is 0 Å². The van der Waals surface area contributed by atoms with E-state index in [0.717, 1.165) is 17.5 Å². The normalized spacial score (nSPS) is 15.9. The third kappa shape index (κ3) is 4.94. The summed E-state index contributed by atoms with van der Waals surface area (Å²) in [5, 5.41) is 12.3. The maximum atomic E-state index is 15.0. The molecule has 0 saturated carbocycles. The molecule has 1 unspecified atom stereocenters. The summed E-state index contributed by atoms with van der Waals surface area (Å²) in [6, 6.07) is 17.5. The minimum absolute atomic E-state index is 0.0791. The van der Waals surface area contributed by atoms with Gasteiger partial charge in [-0.05, 0) is 43.2 Å². The number of carbonyl (C=O) groups excluding carboxylic acids is 1. The van der Waals surface area contributed by atoms with Crippen LogP contribution in [0.2, 0.25) is 5.02 Å². The lowest BCUT2D eigenvalue weighted by atomic mass is 9.84. The van der Waals surface area contributed by atoms with Gasteiger partial charge in [0.2, 0.25) is 0 Å². The smallest absolute Gasteiger partial charge is 0.259 e. The number of benzene rings is 3. The van der Waals surface area contributed by atoms with Gasteiger partial charge in [-0.2, -0.15) is 0 Å². The highest BCUT2D eigenvalue weighted by atomic mass is 35.5. The van der Waals surface area contributed by atoms with Crippen molar-refractivity contribution in [2.75, 3.05) is 17.8 Å². The Labute approximate surface area is 219 Å². The molecule has 2 N–H and O–H groups in total. The number of halogens is 3. The second kappa shape index (κ2) is 10.2. The van der Waals surface area contributed by atoms with Crippen LogP contribution in [0, 0.1) is 11.6 Å². The minimum Gasteiger partial charge on any atom is -0.385 e. The number of aliphatic hydroxyl groups is 1. The largest absolute Gasteiger partial charge is 0.385 e. The second-order valence-corrected chi connectivity index (χ2v) is 10.4. The molecule has 190 valence electrons. The van der Waals surface area contributed by atoms with Crippen LogP contribution < -0.4 is 4.72 Å². The van der Waals surface area contributed by atoms with Crippen LogP contribution in [0.3, 0.4) is 0 Å². The number of hydrogen-bond donors (Lipinski definition) is 2. The third-order valence-electron chi connectivity index (χ3n) is 6.51. The fourth-order valence-electron chi connectivity index (χ4n) is 4.57. The Morgan fingerprint density at radius 2 is 1.70 bits per heavy atom. The summed E-state index contributed by atoms with van der Waals surface area (Å²) in [6.07, 6.45) is 1.91. The van der Waals surface area contributed by atoms with Gasteiger partial charge in [0.05, 0.1) is 21.7 Å². The summed E-state index contributed by atoms with van der Waals surface area (Å²) in [5.74, 6) is -2.97. The molecule has 2 heterocycles. The first-order valence-corrected chi connectivity index (χ1v) is 13.1. The van der Waals surface area contributed by atoms with Crippen molar-refractivity contribution >= 4 is 45.1 Å². The highest BCUT2D eigenvalue weighted by Gasteiger charge is 2.38. The number of nitrogens with one attached hydrogen (secondary N) is 1. The van der Waals surface area contributed by atoms with Crippen molar-refractivity contribution in [3.05, 3.63) is 101 Å². The third-order valence-corrected chi connectivity index (χ3v) is 7.99. The number of carbonyl (C=O) groups is 1. The van der Waals surface area contributed by atoms with Gasteiger partial charge >= 0.3 is 0 Å². The lowest BCUT2D eigenvalue weighted by Crippen LogP contribution is -2.45. The number of rotatable bonds is 5. The Bertz CT molecular complexity index is 1500. The predicted molar refractivity (Wildman–Crippen MR) is 139 cm³/mol. The van der Waals surface area contributed by atoms with Crippen molar-refractivity contribution in [2.45, 2.75) is 23.3 Å². The number of pyridine rings is 1. The molecule has 37 heavy (non-hydrogen) atoms. The number of piperidine rings is 1. The van der Waals surface area contributed by atoms with Crippen molar-refractivity contribution < 1.29 is 22.9 Å². The minimum atomic E-state index is -1.86. The van der Waals surface area contributed by atoms with E-state index in [1.807, 2.05) is 12.1 Å². The Morgan fingerprint density at radius 1 is 1.03 bits per heavy atom. The molecular weight excluding hydrogens is 520 g/mol. The number of likely N-dealkylation sites (tertiary alicyclic amines) is 1. The van der Waals surface area contributed by atoms with Gasteiger partial charge in [0, 0.05) is 35.3 Å². The van der Waals surface area contributed by atoms with Crippen LogP contribution in [0.1, 0.15) is 28.8 Å². The molecule has 1 aliphatic heterocycles. The van der Waals surface area contributed by atoms with E-state index < -0.39 is 39.7 Å². The summed E-state index contributed by atoms with van der Waals surface area (Å²) in [7, 11) is -1.86. The SMILES string of the molecule is O=C(c1c(F)cc(NS(=O)c2cccc3cccnc23)cc1F)N1CCC(O)(c2ccccc2Cl)CC1. The molecule has 1 fully saturated rings. The van der Waals surface area contributed by atoms with Gasteiger partial charge in [0.25, 0.3) is 5.91 Å². The molecule has 6 nitrogen and oxygen atoms in total. The van der Waals surface area contributed by atoms with Crippen LogP contribution in [0.4, 0.5) is 14.5 Å². The molecule has 1 atom stereocenters. The van der Waals surface area contributed by atoms with Gasteiger partial charge < -0.3 is 14.7 Å². The topological polar surface area (TPSA) is 82.5 Å². The van der Waals surface area contributed by atoms with E-state index in [-0.39, 0.29) is 31.6 Å². The zero-order chi connectivity index (χ0) is 26.2. The van der Waals surface area contributed by atoms with Crippen LogP contribution in [-0.4, -0.2) is 38.2 Å². The molecule has 3 aromatic carbocycles. The van der Waals surface area contributed by atoms with Gasteiger partial charge in [-0.3, -0.25) is 9.78 Å². The van der Waals surface area contributed by atoms with Gasteiger partial charge in [-0.25, -0.2) is 13.0 Å². The van der Waals surface area contributed by atoms with Crippen LogP contribution in [0.25, 0.3) is 10.9 Å². The highest BCUT2D eigenvalue weighted by Crippen LogP contribution is 2.37. The Morgan fingerprint density at radius 3 is 2.41 bits per heavy atom. The first-order chi connectivity index (χ1) is 17.8. The summed E-state index contributed by atoms with van der Waals surface area (Å²) < 4.78 is 45.5. The standard InChI is InChI=1S/C27H22ClF2N3O3S/c28-20-8-2-1-7-19(20)27(35)10-13-33(14-11-27)26(34)24-21(29)15-18(16-22(24)30)32-37(36)23-9-3-5-17-6-4-12-31-25(17)23/h1-9,12,15-16,32,35H,10-11,13-14H2. The van der Waals surface area contributed by atoms with Crippen LogP contribution in [-0.2, 0) is 16.6 Å². The molecule has 0 radical (unpaired) electrons. The zero-order valence-corrected chi connectivity index (χ0v) is 21.0. The quantitative estimate of drug-likeness (QED) is 0.353. The van der Waals surface area contributed by atoms with Gasteiger partial charge in [0.1, 0.15) is 17.2 Å². The Hall–Kier alpha value is -3.40. The highest BCUT2D eigenvalue weighted by molar-refractivity contribution is 7.86. The van der Waals surface area contributed by atoms with Crippen LogP contribution in [0.15, 0.2) is 77.8 Å². The van der Waals surface area contributed by atoms with Gasteiger partial charge in [-0.15, -0.1) is 0 Å². The van der Waals surface area contributed by atoms with E-state index in [1.54, 1.807) is 48.7 Å². The second-order valence-electron chi connectivity index (χ2n) is 8.82. The molecule has 1 aromatic heterocycles. The molecule has 1 amide bonds. The molecule has 10 heteroatoms. The molecule has 0 bridgehead atoms. The maximum Gasteiger partial charge on any atom is 0.259 e. The number of hydrogen-bond acceptors (Lipinski definition) is 4. The first kappa shape index (κ1) is 25.3. The number of para-hydroxylation sites is 1. The predicted octanol–water partition coefficient (Wildman–Crippen LogP) is 5.42. The molecular formula is C27H22ClF2N3O3S. The molecule has 5 rings (SSSR count). The van der Waals surface area contributed by atoms with Gasteiger partial charge in [-0.1, -0.05) is 48.0 Å². The lowest BCUT2D eigenvalue weighted by molar-refractivity contribution is -0.0212. The van der Waals surface area contributed by atoms with Crippen molar-refractivity contribution in [2.24, 2.45) is 0 Å². The van der Waals surface area contributed by atoms with E-state index in [1.165, 1.54) is 4.90 Å².